The summed E-state index contributed by atoms with van der Waals surface area (Å²) in [4.78, 5) is 14.0. The molecule has 1 unspecified atom stereocenters. The van der Waals surface area contributed by atoms with E-state index in [1.54, 1.807) is 0 Å². The Bertz CT molecular complexity index is 468. The van der Waals surface area contributed by atoms with Crippen LogP contribution in [-0.4, -0.2) is 35.7 Å². The van der Waals surface area contributed by atoms with Crippen LogP contribution in [0.2, 0.25) is 0 Å². The van der Waals surface area contributed by atoms with Gasteiger partial charge in [0.25, 0.3) is 0 Å². The van der Waals surface area contributed by atoms with Gasteiger partial charge in [0.2, 0.25) is 0 Å². The molecule has 3 rings (SSSR count). The van der Waals surface area contributed by atoms with E-state index in [1.807, 2.05) is 24.3 Å². The minimum Gasteiger partial charge on any atom is -0.480 e. The van der Waals surface area contributed by atoms with Crippen LogP contribution in [0.4, 0.5) is 0 Å². The lowest BCUT2D eigenvalue weighted by molar-refractivity contribution is -0.159. The molecule has 1 aromatic rings. The van der Waals surface area contributed by atoms with Crippen LogP contribution in [0.1, 0.15) is 24.0 Å². The van der Waals surface area contributed by atoms with Gasteiger partial charge in [-0.2, -0.15) is 0 Å². The Morgan fingerprint density at radius 1 is 1.28 bits per heavy atom. The van der Waals surface area contributed by atoms with Gasteiger partial charge in [-0.1, -0.05) is 24.3 Å². The van der Waals surface area contributed by atoms with E-state index in [-0.39, 0.29) is 6.61 Å². The van der Waals surface area contributed by atoms with E-state index in [0.717, 1.165) is 37.1 Å². The molecule has 96 valence electrons. The van der Waals surface area contributed by atoms with E-state index in [1.165, 1.54) is 0 Å². The number of benzene rings is 1. The zero-order chi connectivity index (χ0) is 12.6. The minimum absolute atomic E-state index is 0.249. The van der Waals surface area contributed by atoms with Crippen molar-refractivity contribution >= 4 is 5.97 Å². The molecule has 1 atom stereocenters. The highest BCUT2D eigenvalue weighted by Crippen LogP contribution is 2.38. The fraction of sp³-hybridized carbons (Fsp3) is 0.500. The van der Waals surface area contributed by atoms with Crippen molar-refractivity contribution < 1.29 is 14.6 Å². The van der Waals surface area contributed by atoms with Crippen LogP contribution in [0.25, 0.3) is 0 Å². The third-order valence-corrected chi connectivity index (χ3v) is 4.03. The van der Waals surface area contributed by atoms with Crippen LogP contribution in [0.15, 0.2) is 24.3 Å². The van der Waals surface area contributed by atoms with Crippen LogP contribution in [0, 0.1) is 0 Å². The summed E-state index contributed by atoms with van der Waals surface area (Å²) in [5.74, 6) is -0.795. The van der Waals surface area contributed by atoms with E-state index < -0.39 is 11.5 Å². The molecule has 1 N–H and O–H groups in total. The molecule has 4 heteroatoms. The van der Waals surface area contributed by atoms with Gasteiger partial charge in [0.15, 0.2) is 5.54 Å². The number of carbonyl (C=O) groups is 1. The molecule has 0 bridgehead atoms. The summed E-state index contributed by atoms with van der Waals surface area (Å²) in [6.45, 7) is 2.44. The van der Waals surface area contributed by atoms with Gasteiger partial charge in [-0.3, -0.25) is 4.90 Å². The second-order valence-electron chi connectivity index (χ2n) is 5.01. The number of carboxylic acid groups (broad SMARTS) is 1. The molecule has 0 spiro atoms. The van der Waals surface area contributed by atoms with Gasteiger partial charge in [0, 0.05) is 0 Å². The topological polar surface area (TPSA) is 49.8 Å². The molecular weight excluding hydrogens is 230 g/mol. The molecule has 2 heterocycles. The van der Waals surface area contributed by atoms with Gasteiger partial charge in [0.05, 0.1) is 13.2 Å². The molecule has 1 aromatic carbocycles. The zero-order valence-electron chi connectivity index (χ0n) is 10.3. The van der Waals surface area contributed by atoms with Crippen LogP contribution in [0.3, 0.4) is 0 Å². The molecule has 18 heavy (non-hydrogen) atoms. The third kappa shape index (κ3) is 1.56. The highest BCUT2D eigenvalue weighted by Gasteiger charge is 2.49. The van der Waals surface area contributed by atoms with Crippen molar-refractivity contribution in [3.63, 3.8) is 0 Å². The molecule has 2 aliphatic heterocycles. The van der Waals surface area contributed by atoms with Crippen LogP contribution in [-0.2, 0) is 21.7 Å². The number of rotatable bonds is 2. The van der Waals surface area contributed by atoms with Gasteiger partial charge in [-0.05, 0) is 37.1 Å². The Kier molecular flexibility index (Phi) is 2.84. The van der Waals surface area contributed by atoms with Gasteiger partial charge in [-0.15, -0.1) is 0 Å². The van der Waals surface area contributed by atoms with E-state index >= 15 is 0 Å². The fourth-order valence-corrected chi connectivity index (χ4v) is 3.11. The van der Waals surface area contributed by atoms with Crippen molar-refractivity contribution in [3.05, 3.63) is 35.4 Å². The first kappa shape index (κ1) is 11.7. The molecule has 0 amide bonds. The summed E-state index contributed by atoms with van der Waals surface area (Å²) in [6.07, 6.45) is 2.13. The summed E-state index contributed by atoms with van der Waals surface area (Å²) >= 11 is 0. The maximum absolute atomic E-state index is 11.9. The quantitative estimate of drug-likeness (QED) is 0.862. The number of carboxylic acids is 1. The number of likely N-dealkylation sites (tertiary alicyclic amines) is 1. The zero-order valence-corrected chi connectivity index (χ0v) is 10.3. The minimum atomic E-state index is -0.981. The predicted octanol–water partition coefficient (Wildman–Crippen LogP) is 1.59. The van der Waals surface area contributed by atoms with Crippen LogP contribution in [0.5, 0.6) is 0 Å². The average molecular weight is 247 g/mol. The third-order valence-electron chi connectivity index (χ3n) is 4.03. The number of hydrogen-bond acceptors (Lipinski definition) is 3. The normalized spacial score (nSPS) is 28.0. The second-order valence-corrected chi connectivity index (χ2v) is 5.01. The lowest BCUT2D eigenvalue weighted by atomic mass is 9.84. The summed E-state index contributed by atoms with van der Waals surface area (Å²) in [7, 11) is 0. The Balaban J connectivity index is 2.13. The molecular formula is C14H17NO3. The number of nitrogens with zero attached hydrogens (tertiary/aromatic N) is 1. The Hall–Kier alpha value is -1.39. The SMILES string of the molecule is O=C(O)C1(N2CCCC2)COCc2ccccc21. The van der Waals surface area contributed by atoms with Crippen LogP contribution >= 0.6 is 0 Å². The largest absolute Gasteiger partial charge is 0.480 e. The van der Waals surface area contributed by atoms with Crippen molar-refractivity contribution in [3.8, 4) is 0 Å². The summed E-state index contributed by atoms with van der Waals surface area (Å²) < 4.78 is 5.56. The molecule has 0 aliphatic carbocycles. The second kappa shape index (κ2) is 4.37. The van der Waals surface area contributed by atoms with Crippen molar-refractivity contribution in [2.75, 3.05) is 19.7 Å². The van der Waals surface area contributed by atoms with Gasteiger partial charge in [0.1, 0.15) is 0 Å². The maximum Gasteiger partial charge on any atom is 0.331 e. The van der Waals surface area contributed by atoms with Crippen LogP contribution < -0.4 is 0 Å². The number of aliphatic carboxylic acids is 1. The molecule has 1 saturated heterocycles. The van der Waals surface area contributed by atoms with Gasteiger partial charge < -0.3 is 9.84 Å². The fourth-order valence-electron chi connectivity index (χ4n) is 3.11. The smallest absolute Gasteiger partial charge is 0.331 e. The lowest BCUT2D eigenvalue weighted by Gasteiger charge is -2.41. The Morgan fingerprint density at radius 3 is 2.72 bits per heavy atom. The lowest BCUT2D eigenvalue weighted by Crippen LogP contribution is -2.56. The average Bonchev–Trinajstić information content (AvgIpc) is 2.92. The number of fused-ring (bicyclic) bond motifs is 1. The first-order chi connectivity index (χ1) is 8.75. The molecule has 0 aromatic heterocycles. The molecule has 1 fully saturated rings. The maximum atomic E-state index is 11.9. The van der Waals surface area contributed by atoms with Crippen molar-refractivity contribution in [1.82, 2.24) is 4.90 Å². The molecule has 2 aliphatic rings. The standard InChI is InChI=1S/C14H17NO3/c16-13(17)14(15-7-3-4-8-15)10-18-9-11-5-1-2-6-12(11)14/h1-2,5-6H,3-4,7-10H2,(H,16,17). The number of ether oxygens (including phenoxy) is 1. The number of hydrogen-bond donors (Lipinski definition) is 1. The molecule has 4 nitrogen and oxygen atoms in total. The van der Waals surface area contributed by atoms with E-state index in [4.69, 9.17) is 4.74 Å². The molecule has 0 radical (unpaired) electrons. The highest BCUT2D eigenvalue weighted by atomic mass is 16.5. The molecule has 0 saturated carbocycles. The van der Waals surface area contributed by atoms with Gasteiger partial charge in [-0.25, -0.2) is 4.79 Å². The first-order valence-corrected chi connectivity index (χ1v) is 6.40. The monoisotopic (exact) mass is 247 g/mol. The van der Waals surface area contributed by atoms with Gasteiger partial charge >= 0.3 is 5.97 Å². The first-order valence-electron chi connectivity index (χ1n) is 6.40. The van der Waals surface area contributed by atoms with E-state index in [0.29, 0.717) is 6.61 Å². The van der Waals surface area contributed by atoms with E-state index in [9.17, 15) is 9.90 Å². The summed E-state index contributed by atoms with van der Waals surface area (Å²) in [5, 5.41) is 9.77. The Morgan fingerprint density at radius 2 is 2.00 bits per heavy atom. The van der Waals surface area contributed by atoms with E-state index in [2.05, 4.69) is 4.90 Å². The Labute approximate surface area is 106 Å². The predicted molar refractivity (Wildman–Crippen MR) is 66.2 cm³/mol. The van der Waals surface area contributed by atoms with Crippen molar-refractivity contribution in [2.45, 2.75) is 25.0 Å². The highest BCUT2D eigenvalue weighted by molar-refractivity contribution is 5.82. The van der Waals surface area contributed by atoms with Crippen molar-refractivity contribution in [1.29, 1.82) is 0 Å². The summed E-state index contributed by atoms with van der Waals surface area (Å²) in [6, 6.07) is 7.74. The van der Waals surface area contributed by atoms with Crippen molar-refractivity contribution in [2.24, 2.45) is 0 Å². The summed E-state index contributed by atoms with van der Waals surface area (Å²) in [5.41, 5.74) is 0.925.